The van der Waals surface area contributed by atoms with Crippen LogP contribution in [0, 0.1) is 5.82 Å². The molecule has 0 aromatic heterocycles. The van der Waals surface area contributed by atoms with Gasteiger partial charge < -0.3 is 10.6 Å². The van der Waals surface area contributed by atoms with Crippen molar-refractivity contribution >= 4 is 51.7 Å². The summed E-state index contributed by atoms with van der Waals surface area (Å²) in [5, 5.41) is 6.26. The number of guanidine groups is 1. The number of benzene rings is 1. The zero-order valence-electron chi connectivity index (χ0n) is 16.7. The van der Waals surface area contributed by atoms with E-state index in [9.17, 15) is 12.8 Å². The van der Waals surface area contributed by atoms with Crippen molar-refractivity contribution in [2.75, 3.05) is 50.0 Å². The third-order valence-corrected chi connectivity index (χ3v) is 8.01. The number of halogens is 2. The molecular weight excluding hydrogens is 526 g/mol. The van der Waals surface area contributed by atoms with Crippen molar-refractivity contribution in [2.45, 2.75) is 25.2 Å². The minimum absolute atomic E-state index is 0. The van der Waals surface area contributed by atoms with Crippen LogP contribution in [0.1, 0.15) is 25.3 Å². The van der Waals surface area contributed by atoms with Gasteiger partial charge in [0.05, 0.1) is 12.3 Å². The Morgan fingerprint density at radius 2 is 1.93 bits per heavy atom. The molecule has 0 amide bonds. The summed E-state index contributed by atoms with van der Waals surface area (Å²) in [6, 6.07) is 6.88. The minimum Gasteiger partial charge on any atom is -0.357 e. The maximum Gasteiger partial charge on any atom is 0.215 e. The van der Waals surface area contributed by atoms with Crippen LogP contribution >= 0.6 is 35.7 Å². The fourth-order valence-corrected chi connectivity index (χ4v) is 5.87. The second-order valence-electron chi connectivity index (χ2n) is 7.21. The lowest BCUT2D eigenvalue weighted by Gasteiger charge is -2.25. The van der Waals surface area contributed by atoms with Crippen LogP contribution in [0.15, 0.2) is 29.3 Å². The normalized spacial score (nSPS) is 19.3. The van der Waals surface area contributed by atoms with Gasteiger partial charge in [-0.2, -0.15) is 11.8 Å². The molecule has 1 saturated carbocycles. The summed E-state index contributed by atoms with van der Waals surface area (Å²) in [5.41, 5.74) is 0.491. The molecule has 0 unspecified atom stereocenters. The van der Waals surface area contributed by atoms with Gasteiger partial charge in [-0.3, -0.25) is 4.99 Å². The van der Waals surface area contributed by atoms with Crippen molar-refractivity contribution in [3.8, 4) is 0 Å². The summed E-state index contributed by atoms with van der Waals surface area (Å²) in [6.07, 6.45) is 1.83. The molecule has 0 spiro atoms. The second-order valence-corrected chi connectivity index (χ2v) is 10.5. The number of thioether (sulfide) groups is 1. The first-order valence-electron chi connectivity index (χ1n) is 9.80. The molecule has 6 nitrogen and oxygen atoms in total. The average molecular weight is 557 g/mol. The lowest BCUT2D eigenvalue weighted by atomic mass is 9.95. The number of rotatable bonds is 8. The van der Waals surface area contributed by atoms with E-state index < -0.39 is 10.0 Å². The first-order valence-corrected chi connectivity index (χ1v) is 12.6. The van der Waals surface area contributed by atoms with E-state index >= 15 is 0 Å². The Bertz CT molecular complexity index is 797. The lowest BCUT2D eigenvalue weighted by Crippen LogP contribution is -2.44. The van der Waals surface area contributed by atoms with E-state index in [1.807, 2.05) is 19.1 Å². The highest BCUT2D eigenvalue weighted by atomic mass is 127. The fraction of sp³-hybridized carbons (Fsp3) is 0.632. The standard InChI is InChI=1S/C19H29FN4O2S2.HI/c1-2-21-18(22-9-14-28(25,26)24-10-12-27-13-11-24)23-15-19(7-8-19)16-5-3-4-6-17(16)20;/h3-6H,2,7-15H2,1H3,(H2,21,22,23);1H. The molecule has 0 atom stereocenters. The largest absolute Gasteiger partial charge is 0.357 e. The maximum atomic E-state index is 14.2. The zero-order chi connectivity index (χ0) is 20.0. The molecule has 0 bridgehead atoms. The lowest BCUT2D eigenvalue weighted by molar-refractivity contribution is 0.443. The fourth-order valence-electron chi connectivity index (χ4n) is 3.38. The van der Waals surface area contributed by atoms with Gasteiger partial charge in [0.15, 0.2) is 5.96 Å². The molecule has 2 N–H and O–H groups in total. The second kappa shape index (κ2) is 11.1. The smallest absolute Gasteiger partial charge is 0.215 e. The monoisotopic (exact) mass is 556 g/mol. The van der Waals surface area contributed by atoms with Crippen LogP contribution in [0.2, 0.25) is 0 Å². The van der Waals surface area contributed by atoms with Crippen molar-refractivity contribution in [1.82, 2.24) is 14.9 Å². The Balaban J connectivity index is 0.00000300. The van der Waals surface area contributed by atoms with Gasteiger partial charge in [-0.05, 0) is 31.4 Å². The van der Waals surface area contributed by atoms with E-state index in [4.69, 9.17) is 0 Å². The van der Waals surface area contributed by atoms with Gasteiger partial charge >= 0.3 is 0 Å². The van der Waals surface area contributed by atoms with Gasteiger partial charge in [0, 0.05) is 43.1 Å². The van der Waals surface area contributed by atoms with Gasteiger partial charge in [0.1, 0.15) is 5.82 Å². The Labute approximate surface area is 194 Å². The first kappa shape index (κ1) is 24.7. The number of nitrogens with one attached hydrogen (secondary N) is 2. The summed E-state index contributed by atoms with van der Waals surface area (Å²) in [6.45, 7) is 4.60. The van der Waals surface area contributed by atoms with Gasteiger partial charge in [0.25, 0.3) is 0 Å². The van der Waals surface area contributed by atoms with Crippen molar-refractivity contribution in [2.24, 2.45) is 4.99 Å². The summed E-state index contributed by atoms with van der Waals surface area (Å²) in [5.74, 6) is 2.15. The van der Waals surface area contributed by atoms with Crippen LogP contribution in [0.25, 0.3) is 0 Å². The third kappa shape index (κ3) is 6.70. The van der Waals surface area contributed by atoms with Gasteiger partial charge in [-0.1, -0.05) is 18.2 Å². The maximum absolute atomic E-state index is 14.2. The van der Waals surface area contributed by atoms with Crippen LogP contribution in [-0.4, -0.2) is 68.7 Å². The molecule has 164 valence electrons. The Hall–Kier alpha value is -0.590. The SMILES string of the molecule is CCNC(=NCC1(c2ccccc2F)CC1)NCCS(=O)(=O)N1CCSCC1.I. The predicted octanol–water partition coefficient (Wildman–Crippen LogP) is 2.41. The number of nitrogens with zero attached hydrogens (tertiary/aromatic N) is 2. The van der Waals surface area contributed by atoms with Crippen LogP contribution in [0.5, 0.6) is 0 Å². The molecule has 1 heterocycles. The molecule has 2 aliphatic rings. The number of sulfonamides is 1. The molecule has 2 fully saturated rings. The molecule has 1 aromatic carbocycles. The molecule has 1 aromatic rings. The Morgan fingerprint density at radius 3 is 2.55 bits per heavy atom. The van der Waals surface area contributed by atoms with Crippen molar-refractivity contribution in [1.29, 1.82) is 0 Å². The van der Waals surface area contributed by atoms with Crippen LogP contribution in [-0.2, 0) is 15.4 Å². The van der Waals surface area contributed by atoms with Crippen molar-refractivity contribution in [3.63, 3.8) is 0 Å². The third-order valence-electron chi connectivity index (χ3n) is 5.20. The zero-order valence-corrected chi connectivity index (χ0v) is 20.7. The van der Waals surface area contributed by atoms with E-state index in [1.54, 1.807) is 22.1 Å². The van der Waals surface area contributed by atoms with Gasteiger partial charge in [-0.15, -0.1) is 24.0 Å². The summed E-state index contributed by atoms with van der Waals surface area (Å²) in [7, 11) is -3.25. The number of hydrogen-bond acceptors (Lipinski definition) is 4. The molecular formula is C19H30FIN4O2S2. The highest BCUT2D eigenvalue weighted by Gasteiger charge is 2.45. The summed E-state index contributed by atoms with van der Waals surface area (Å²) >= 11 is 1.79. The average Bonchev–Trinajstić information content (AvgIpc) is 3.48. The molecule has 1 saturated heterocycles. The van der Waals surface area contributed by atoms with Crippen molar-refractivity contribution < 1.29 is 12.8 Å². The van der Waals surface area contributed by atoms with E-state index in [1.165, 1.54) is 6.07 Å². The predicted molar refractivity (Wildman–Crippen MR) is 129 cm³/mol. The van der Waals surface area contributed by atoms with Crippen LogP contribution in [0.3, 0.4) is 0 Å². The van der Waals surface area contributed by atoms with Crippen LogP contribution < -0.4 is 10.6 Å². The van der Waals surface area contributed by atoms with Crippen molar-refractivity contribution in [3.05, 3.63) is 35.6 Å². The first-order chi connectivity index (χ1) is 13.5. The van der Waals surface area contributed by atoms with Gasteiger partial charge in [-0.25, -0.2) is 17.1 Å². The molecule has 1 aliphatic heterocycles. The van der Waals surface area contributed by atoms with Gasteiger partial charge in [0.2, 0.25) is 10.0 Å². The Morgan fingerprint density at radius 1 is 1.24 bits per heavy atom. The topological polar surface area (TPSA) is 73.8 Å². The highest BCUT2D eigenvalue weighted by Crippen LogP contribution is 2.49. The van der Waals surface area contributed by atoms with E-state index in [2.05, 4.69) is 15.6 Å². The minimum atomic E-state index is -3.25. The van der Waals surface area contributed by atoms with E-state index in [-0.39, 0.29) is 41.0 Å². The molecule has 0 radical (unpaired) electrons. The number of aliphatic imine (C=N–C) groups is 1. The summed E-state index contributed by atoms with van der Waals surface area (Å²) in [4.78, 5) is 4.61. The van der Waals surface area contributed by atoms with Crippen LogP contribution in [0.4, 0.5) is 4.39 Å². The van der Waals surface area contributed by atoms with E-state index in [0.717, 1.165) is 29.9 Å². The quantitative estimate of drug-likeness (QED) is 0.293. The molecule has 29 heavy (non-hydrogen) atoms. The highest BCUT2D eigenvalue weighted by molar-refractivity contribution is 14.0. The molecule has 3 rings (SSSR count). The Kier molecular flexibility index (Phi) is 9.49. The summed E-state index contributed by atoms with van der Waals surface area (Å²) < 4.78 is 40.6. The number of hydrogen-bond donors (Lipinski definition) is 2. The molecule has 10 heteroatoms. The molecule has 1 aliphatic carbocycles. The van der Waals surface area contributed by atoms with E-state index in [0.29, 0.717) is 38.7 Å².